The van der Waals surface area contributed by atoms with E-state index < -0.39 is 8.56 Å². The van der Waals surface area contributed by atoms with Crippen LogP contribution >= 0.6 is 0 Å². The summed E-state index contributed by atoms with van der Waals surface area (Å²) in [4.78, 5) is 0. The minimum absolute atomic E-state index is 0.351. The van der Waals surface area contributed by atoms with Gasteiger partial charge in [-0.2, -0.15) is 0 Å². The van der Waals surface area contributed by atoms with Crippen molar-refractivity contribution in [1.82, 2.24) is 0 Å². The van der Waals surface area contributed by atoms with Crippen LogP contribution in [0.5, 0.6) is 0 Å². The van der Waals surface area contributed by atoms with E-state index in [1.807, 2.05) is 6.92 Å². The molecule has 0 N–H and O–H groups in total. The van der Waals surface area contributed by atoms with Gasteiger partial charge >= 0.3 is 8.56 Å². The summed E-state index contributed by atoms with van der Waals surface area (Å²) in [6, 6.07) is 1.08. The molecule has 0 aliphatic carbocycles. The Labute approximate surface area is 81.6 Å². The Morgan fingerprint density at radius 2 is 2.08 bits per heavy atom. The lowest BCUT2D eigenvalue weighted by Gasteiger charge is -2.25. The SMILES string of the molecule is CCC[Si](C)(OCC)OCC1CO1. The topological polar surface area (TPSA) is 31.0 Å². The van der Waals surface area contributed by atoms with Gasteiger partial charge in [-0.15, -0.1) is 0 Å². The molecule has 1 fully saturated rings. The van der Waals surface area contributed by atoms with Crippen molar-refractivity contribution < 1.29 is 13.6 Å². The lowest BCUT2D eigenvalue weighted by molar-refractivity contribution is 0.165. The second kappa shape index (κ2) is 5.10. The lowest BCUT2D eigenvalue weighted by Crippen LogP contribution is -2.39. The molecule has 4 heteroatoms. The molecule has 0 aromatic rings. The van der Waals surface area contributed by atoms with Gasteiger partial charge in [-0.25, -0.2) is 0 Å². The Morgan fingerprint density at radius 3 is 2.54 bits per heavy atom. The van der Waals surface area contributed by atoms with Crippen LogP contribution in [0.1, 0.15) is 20.3 Å². The molecule has 0 bridgehead atoms. The van der Waals surface area contributed by atoms with Crippen molar-refractivity contribution in [2.45, 2.75) is 39.0 Å². The molecule has 0 radical (unpaired) electrons. The van der Waals surface area contributed by atoms with Gasteiger partial charge in [0.05, 0.1) is 13.2 Å². The van der Waals surface area contributed by atoms with Crippen LogP contribution in [0.2, 0.25) is 12.6 Å². The van der Waals surface area contributed by atoms with Crippen LogP contribution in [-0.4, -0.2) is 34.5 Å². The zero-order valence-electron chi connectivity index (χ0n) is 8.84. The number of epoxide rings is 1. The van der Waals surface area contributed by atoms with Crippen molar-refractivity contribution in [1.29, 1.82) is 0 Å². The molecule has 2 atom stereocenters. The van der Waals surface area contributed by atoms with Crippen LogP contribution in [-0.2, 0) is 13.6 Å². The molecule has 2 unspecified atom stereocenters. The van der Waals surface area contributed by atoms with E-state index >= 15 is 0 Å². The van der Waals surface area contributed by atoms with Gasteiger partial charge in [0.25, 0.3) is 0 Å². The summed E-state index contributed by atoms with van der Waals surface area (Å²) < 4.78 is 16.6. The van der Waals surface area contributed by atoms with Crippen LogP contribution < -0.4 is 0 Å². The number of ether oxygens (including phenoxy) is 1. The molecule has 13 heavy (non-hydrogen) atoms. The normalized spacial score (nSPS) is 25.6. The second-order valence-corrected chi connectivity index (χ2v) is 6.93. The highest BCUT2D eigenvalue weighted by Gasteiger charge is 2.33. The highest BCUT2D eigenvalue weighted by atomic mass is 28.4. The van der Waals surface area contributed by atoms with Gasteiger partial charge in [0.1, 0.15) is 6.10 Å². The molecule has 0 amide bonds. The Kier molecular flexibility index (Phi) is 4.38. The average molecular weight is 204 g/mol. The molecule has 1 aliphatic heterocycles. The summed E-state index contributed by atoms with van der Waals surface area (Å²) in [7, 11) is -1.85. The van der Waals surface area contributed by atoms with Crippen molar-refractivity contribution in [2.24, 2.45) is 0 Å². The largest absolute Gasteiger partial charge is 0.395 e. The maximum Gasteiger partial charge on any atom is 0.335 e. The molecule has 1 rings (SSSR count). The van der Waals surface area contributed by atoms with Gasteiger partial charge in [0.15, 0.2) is 0 Å². The quantitative estimate of drug-likeness (QED) is 0.469. The van der Waals surface area contributed by atoms with E-state index in [0.717, 1.165) is 32.3 Å². The first-order valence-corrected chi connectivity index (χ1v) is 7.62. The van der Waals surface area contributed by atoms with Crippen molar-refractivity contribution >= 4 is 8.56 Å². The summed E-state index contributed by atoms with van der Waals surface area (Å²) in [6.45, 7) is 8.68. The molecule has 1 aliphatic rings. The second-order valence-electron chi connectivity index (χ2n) is 3.58. The minimum Gasteiger partial charge on any atom is -0.395 e. The zero-order chi connectivity index (χ0) is 9.73. The highest BCUT2D eigenvalue weighted by molar-refractivity contribution is 6.66. The van der Waals surface area contributed by atoms with Crippen LogP contribution in [0.4, 0.5) is 0 Å². The van der Waals surface area contributed by atoms with Gasteiger partial charge in [-0.05, 0) is 19.5 Å². The summed E-state index contributed by atoms with van der Waals surface area (Å²) >= 11 is 0. The van der Waals surface area contributed by atoms with E-state index in [-0.39, 0.29) is 0 Å². The fourth-order valence-corrected chi connectivity index (χ4v) is 3.81. The summed E-state index contributed by atoms with van der Waals surface area (Å²) in [5, 5.41) is 0. The number of hydrogen-bond donors (Lipinski definition) is 0. The molecular formula is C9H20O3Si. The zero-order valence-corrected chi connectivity index (χ0v) is 9.84. The number of hydrogen-bond acceptors (Lipinski definition) is 3. The molecule has 0 aromatic heterocycles. The third-order valence-corrected chi connectivity index (χ3v) is 5.22. The molecule has 3 nitrogen and oxygen atoms in total. The predicted octanol–water partition coefficient (Wildman–Crippen LogP) is 1.92. The average Bonchev–Trinajstić information content (AvgIpc) is 2.85. The standard InChI is InChI=1S/C9H20O3Si/c1-4-6-13(3,11-5-2)12-8-9-7-10-9/h9H,4-8H2,1-3H3. The van der Waals surface area contributed by atoms with Crippen LogP contribution in [0, 0.1) is 0 Å². The first kappa shape index (κ1) is 11.2. The number of rotatable bonds is 7. The Morgan fingerprint density at radius 1 is 1.38 bits per heavy atom. The van der Waals surface area contributed by atoms with E-state index in [1.165, 1.54) is 0 Å². The first-order chi connectivity index (χ1) is 6.20. The van der Waals surface area contributed by atoms with E-state index in [4.69, 9.17) is 13.6 Å². The minimum atomic E-state index is -1.85. The van der Waals surface area contributed by atoms with E-state index in [9.17, 15) is 0 Å². The molecule has 0 aromatic carbocycles. The van der Waals surface area contributed by atoms with Crippen LogP contribution in [0.3, 0.4) is 0 Å². The third kappa shape index (κ3) is 4.22. The summed E-state index contributed by atoms with van der Waals surface area (Å²) in [5.74, 6) is 0. The predicted molar refractivity (Wildman–Crippen MR) is 54.0 cm³/mol. The van der Waals surface area contributed by atoms with E-state index in [2.05, 4.69) is 13.5 Å². The maximum atomic E-state index is 5.83. The Balaban J connectivity index is 2.24. The third-order valence-electron chi connectivity index (χ3n) is 2.13. The molecule has 78 valence electrons. The highest BCUT2D eigenvalue weighted by Crippen LogP contribution is 2.18. The Hall–Kier alpha value is 0.0969. The van der Waals surface area contributed by atoms with Gasteiger partial charge in [0.2, 0.25) is 0 Å². The summed E-state index contributed by atoms with van der Waals surface area (Å²) in [5.41, 5.74) is 0. The molecule has 1 heterocycles. The van der Waals surface area contributed by atoms with Gasteiger partial charge in [0, 0.05) is 6.61 Å². The monoisotopic (exact) mass is 204 g/mol. The van der Waals surface area contributed by atoms with Crippen LogP contribution in [0.15, 0.2) is 0 Å². The van der Waals surface area contributed by atoms with Gasteiger partial charge < -0.3 is 13.6 Å². The summed E-state index contributed by atoms with van der Waals surface area (Å²) in [6.07, 6.45) is 1.48. The fourth-order valence-electron chi connectivity index (χ4n) is 1.38. The Bertz CT molecular complexity index is 142. The lowest BCUT2D eigenvalue weighted by atomic mass is 10.5. The van der Waals surface area contributed by atoms with E-state index in [0.29, 0.717) is 6.10 Å². The molecular weight excluding hydrogens is 184 g/mol. The van der Waals surface area contributed by atoms with Crippen molar-refractivity contribution in [2.75, 3.05) is 19.8 Å². The smallest absolute Gasteiger partial charge is 0.335 e. The molecule has 0 spiro atoms. The van der Waals surface area contributed by atoms with E-state index in [1.54, 1.807) is 0 Å². The van der Waals surface area contributed by atoms with Gasteiger partial charge in [-0.1, -0.05) is 13.3 Å². The molecule has 0 saturated carbocycles. The fraction of sp³-hybridized carbons (Fsp3) is 1.00. The van der Waals surface area contributed by atoms with Crippen molar-refractivity contribution in [3.05, 3.63) is 0 Å². The van der Waals surface area contributed by atoms with Crippen LogP contribution in [0.25, 0.3) is 0 Å². The first-order valence-electron chi connectivity index (χ1n) is 5.09. The van der Waals surface area contributed by atoms with Gasteiger partial charge in [-0.3, -0.25) is 0 Å². The maximum absolute atomic E-state index is 5.83. The van der Waals surface area contributed by atoms with Crippen molar-refractivity contribution in [3.63, 3.8) is 0 Å². The van der Waals surface area contributed by atoms with Crippen molar-refractivity contribution in [3.8, 4) is 0 Å². The molecule has 1 saturated heterocycles.